The monoisotopic (exact) mass is 303 g/mol. The molecule has 2 nitrogen and oxygen atoms in total. The number of carbonyl (C=O) groups excluding carboxylic acids is 1. The molecule has 2 rings (SSSR count). The van der Waals surface area contributed by atoms with E-state index in [4.69, 9.17) is 5.73 Å². The molecule has 0 spiro atoms. The fourth-order valence-corrected chi connectivity index (χ4v) is 2.98. The summed E-state index contributed by atoms with van der Waals surface area (Å²) in [5, 5.41) is 1.86. The van der Waals surface area contributed by atoms with Crippen LogP contribution in [-0.4, -0.2) is 6.29 Å². The van der Waals surface area contributed by atoms with Crippen LogP contribution in [0.3, 0.4) is 0 Å². The first-order chi connectivity index (χ1) is 6.22. The van der Waals surface area contributed by atoms with Crippen LogP contribution in [0.4, 0.5) is 5.00 Å². The first-order valence-corrected chi connectivity index (χ1v) is 5.54. The van der Waals surface area contributed by atoms with Crippen LogP contribution in [0, 0.1) is 3.57 Å². The Morgan fingerprint density at radius 3 is 2.92 bits per heavy atom. The Hall–Kier alpha value is -0.620. The number of carbonyl (C=O) groups is 1. The van der Waals surface area contributed by atoms with Gasteiger partial charge in [-0.15, -0.1) is 11.3 Å². The molecule has 0 aliphatic carbocycles. The zero-order valence-electron chi connectivity index (χ0n) is 6.58. The Kier molecular flexibility index (Phi) is 2.25. The van der Waals surface area contributed by atoms with E-state index in [9.17, 15) is 4.79 Å². The Labute approximate surface area is 92.9 Å². The predicted molar refractivity (Wildman–Crippen MR) is 64.3 cm³/mol. The summed E-state index contributed by atoms with van der Waals surface area (Å²) >= 11 is 3.71. The van der Waals surface area contributed by atoms with Crippen molar-refractivity contribution in [2.45, 2.75) is 0 Å². The lowest BCUT2D eigenvalue weighted by molar-refractivity contribution is 0.112. The molecule has 1 aromatic heterocycles. The van der Waals surface area contributed by atoms with E-state index in [0.29, 0.717) is 0 Å². The molecular formula is C9H6INOS. The molecular weight excluding hydrogens is 297 g/mol. The molecule has 4 heteroatoms. The number of benzene rings is 1. The Morgan fingerprint density at radius 1 is 1.46 bits per heavy atom. The van der Waals surface area contributed by atoms with Crippen LogP contribution in [0.25, 0.3) is 10.1 Å². The van der Waals surface area contributed by atoms with E-state index in [2.05, 4.69) is 22.6 Å². The Morgan fingerprint density at radius 2 is 2.23 bits per heavy atom. The number of aldehydes is 1. The van der Waals surface area contributed by atoms with Gasteiger partial charge in [0.05, 0.1) is 5.00 Å². The van der Waals surface area contributed by atoms with E-state index in [0.717, 1.165) is 30.5 Å². The highest BCUT2D eigenvalue weighted by atomic mass is 127. The zero-order chi connectivity index (χ0) is 9.42. The average Bonchev–Trinajstić information content (AvgIpc) is 2.47. The topological polar surface area (TPSA) is 43.1 Å². The van der Waals surface area contributed by atoms with Gasteiger partial charge in [0.1, 0.15) is 0 Å². The highest BCUT2D eigenvalue weighted by Crippen LogP contribution is 2.32. The molecule has 1 aromatic carbocycles. The standard InChI is InChI=1S/C9H6INOS/c10-9-5(4-12)1-2-7-6(9)3-8(11)13-7/h1-4H,11H2. The van der Waals surface area contributed by atoms with Crippen LogP contribution < -0.4 is 5.73 Å². The van der Waals surface area contributed by atoms with Crippen LogP contribution in [0.5, 0.6) is 0 Å². The van der Waals surface area contributed by atoms with Gasteiger partial charge in [0.2, 0.25) is 0 Å². The molecule has 0 unspecified atom stereocenters. The van der Waals surface area contributed by atoms with Crippen molar-refractivity contribution in [1.82, 2.24) is 0 Å². The number of thiophene rings is 1. The molecule has 1 heterocycles. The third kappa shape index (κ3) is 1.44. The summed E-state index contributed by atoms with van der Waals surface area (Å²) in [6.07, 6.45) is 0.870. The van der Waals surface area contributed by atoms with Crippen LogP contribution in [0.2, 0.25) is 0 Å². The number of fused-ring (bicyclic) bond motifs is 1. The molecule has 0 aliphatic heterocycles. The van der Waals surface area contributed by atoms with Crippen molar-refractivity contribution >= 4 is 55.3 Å². The van der Waals surface area contributed by atoms with Crippen molar-refractivity contribution in [3.63, 3.8) is 0 Å². The summed E-state index contributed by atoms with van der Waals surface area (Å²) in [6, 6.07) is 5.67. The maximum Gasteiger partial charge on any atom is 0.151 e. The van der Waals surface area contributed by atoms with Gasteiger partial charge in [-0.05, 0) is 40.8 Å². The lowest BCUT2D eigenvalue weighted by atomic mass is 10.2. The number of nitrogen functional groups attached to an aromatic ring is 1. The maximum atomic E-state index is 10.6. The van der Waals surface area contributed by atoms with Gasteiger partial charge in [-0.2, -0.15) is 0 Å². The number of hydrogen-bond acceptors (Lipinski definition) is 3. The summed E-state index contributed by atoms with van der Waals surface area (Å²) in [7, 11) is 0. The normalized spacial score (nSPS) is 10.5. The number of rotatable bonds is 1. The molecule has 0 radical (unpaired) electrons. The smallest absolute Gasteiger partial charge is 0.151 e. The zero-order valence-corrected chi connectivity index (χ0v) is 9.56. The van der Waals surface area contributed by atoms with E-state index in [-0.39, 0.29) is 0 Å². The molecule has 0 bridgehead atoms. The van der Waals surface area contributed by atoms with Crippen molar-refractivity contribution in [1.29, 1.82) is 0 Å². The second-order valence-corrected chi connectivity index (χ2v) is 4.84. The molecule has 0 fully saturated rings. The third-order valence-electron chi connectivity index (χ3n) is 1.81. The fraction of sp³-hybridized carbons (Fsp3) is 0. The summed E-state index contributed by atoms with van der Waals surface area (Å²) in [6.45, 7) is 0. The number of halogens is 1. The largest absolute Gasteiger partial charge is 0.391 e. The van der Waals surface area contributed by atoms with Crippen LogP contribution in [0.1, 0.15) is 10.4 Å². The van der Waals surface area contributed by atoms with E-state index in [1.165, 1.54) is 0 Å². The van der Waals surface area contributed by atoms with Gasteiger partial charge in [-0.1, -0.05) is 0 Å². The number of nitrogens with two attached hydrogens (primary N) is 1. The van der Waals surface area contributed by atoms with E-state index >= 15 is 0 Å². The number of hydrogen-bond donors (Lipinski definition) is 1. The van der Waals surface area contributed by atoms with Gasteiger partial charge in [-0.25, -0.2) is 0 Å². The van der Waals surface area contributed by atoms with E-state index in [1.54, 1.807) is 11.3 Å². The average molecular weight is 303 g/mol. The highest BCUT2D eigenvalue weighted by Gasteiger charge is 2.06. The molecule has 0 saturated heterocycles. The van der Waals surface area contributed by atoms with E-state index < -0.39 is 0 Å². The molecule has 0 aliphatic rings. The molecule has 2 aromatic rings. The first kappa shape index (κ1) is 8.96. The van der Waals surface area contributed by atoms with Crippen molar-refractivity contribution < 1.29 is 4.79 Å². The Balaban J connectivity index is 2.85. The van der Waals surface area contributed by atoms with E-state index in [1.807, 2.05) is 18.2 Å². The summed E-state index contributed by atoms with van der Waals surface area (Å²) < 4.78 is 2.12. The molecule has 13 heavy (non-hydrogen) atoms. The molecule has 0 atom stereocenters. The minimum atomic E-state index is 0.728. The molecule has 0 saturated carbocycles. The van der Waals surface area contributed by atoms with Gasteiger partial charge in [0.15, 0.2) is 6.29 Å². The fourth-order valence-electron chi connectivity index (χ4n) is 1.21. The molecule has 66 valence electrons. The number of anilines is 1. The first-order valence-electron chi connectivity index (χ1n) is 3.65. The van der Waals surface area contributed by atoms with Gasteiger partial charge in [0.25, 0.3) is 0 Å². The summed E-state index contributed by atoms with van der Waals surface area (Å²) in [5.74, 6) is 0. The Bertz CT molecular complexity index is 478. The lowest BCUT2D eigenvalue weighted by Gasteiger charge is -1.96. The predicted octanol–water partition coefficient (Wildman–Crippen LogP) is 2.90. The lowest BCUT2D eigenvalue weighted by Crippen LogP contribution is -1.84. The van der Waals surface area contributed by atoms with Crippen LogP contribution in [0.15, 0.2) is 18.2 Å². The van der Waals surface area contributed by atoms with Gasteiger partial charge < -0.3 is 5.73 Å². The quantitative estimate of drug-likeness (QED) is 0.650. The highest BCUT2D eigenvalue weighted by molar-refractivity contribution is 14.1. The molecule has 2 N–H and O–H groups in total. The molecule has 0 amide bonds. The summed E-state index contributed by atoms with van der Waals surface area (Å²) in [4.78, 5) is 10.6. The third-order valence-corrected chi connectivity index (χ3v) is 3.94. The van der Waals surface area contributed by atoms with Crippen LogP contribution in [-0.2, 0) is 0 Å². The minimum Gasteiger partial charge on any atom is -0.391 e. The van der Waals surface area contributed by atoms with Crippen molar-refractivity contribution in [2.24, 2.45) is 0 Å². The van der Waals surface area contributed by atoms with Crippen molar-refractivity contribution in [3.05, 3.63) is 27.3 Å². The van der Waals surface area contributed by atoms with Gasteiger partial charge >= 0.3 is 0 Å². The van der Waals surface area contributed by atoms with Crippen molar-refractivity contribution in [2.75, 3.05) is 5.73 Å². The second-order valence-electron chi connectivity index (χ2n) is 2.65. The maximum absolute atomic E-state index is 10.6. The van der Waals surface area contributed by atoms with Gasteiger partial charge in [-0.3, -0.25) is 4.79 Å². The van der Waals surface area contributed by atoms with Crippen LogP contribution >= 0.6 is 33.9 Å². The minimum absolute atomic E-state index is 0.728. The SMILES string of the molecule is Nc1cc2c(I)c(C=O)ccc2s1. The second kappa shape index (κ2) is 3.26. The summed E-state index contributed by atoms with van der Waals surface area (Å²) in [5.41, 5.74) is 6.41. The van der Waals surface area contributed by atoms with Gasteiger partial charge in [0, 0.05) is 19.2 Å². The van der Waals surface area contributed by atoms with Crippen molar-refractivity contribution in [3.8, 4) is 0 Å².